The van der Waals surface area contributed by atoms with Crippen LogP contribution in [-0.2, 0) is 23.1 Å². The van der Waals surface area contributed by atoms with Crippen LogP contribution < -0.4 is 5.56 Å². The molecule has 92 valence electrons. The highest BCUT2D eigenvalue weighted by Gasteiger charge is 2.13. The molecule has 2 aromatic rings. The number of methoxy groups -OCH3 is 2. The summed E-state index contributed by atoms with van der Waals surface area (Å²) in [4.78, 5) is 12.0. The molecule has 0 fully saturated rings. The Morgan fingerprint density at radius 3 is 2.76 bits per heavy atom. The van der Waals surface area contributed by atoms with Crippen molar-refractivity contribution < 1.29 is 9.47 Å². The lowest BCUT2D eigenvalue weighted by Gasteiger charge is -2.13. The predicted molar refractivity (Wildman–Crippen MR) is 58.4 cm³/mol. The first-order valence-electron chi connectivity index (χ1n) is 4.98. The second-order valence-corrected chi connectivity index (χ2v) is 3.48. The highest BCUT2D eigenvalue weighted by atomic mass is 16.7. The molecular formula is C9H13N5O3. The van der Waals surface area contributed by atoms with Gasteiger partial charge in [-0.2, -0.15) is 5.10 Å². The van der Waals surface area contributed by atoms with Gasteiger partial charge in [-0.25, -0.2) is 9.36 Å². The van der Waals surface area contributed by atoms with Crippen LogP contribution in [0, 0.1) is 0 Å². The lowest BCUT2D eigenvalue weighted by atomic mass is 10.4. The van der Waals surface area contributed by atoms with Gasteiger partial charge in [-0.3, -0.25) is 4.79 Å². The zero-order chi connectivity index (χ0) is 12.4. The molecule has 0 saturated heterocycles. The zero-order valence-corrected chi connectivity index (χ0v) is 9.82. The van der Waals surface area contributed by atoms with Gasteiger partial charge in [0.2, 0.25) is 0 Å². The molecule has 0 amide bonds. The summed E-state index contributed by atoms with van der Waals surface area (Å²) < 4.78 is 12.7. The summed E-state index contributed by atoms with van der Waals surface area (Å²) in [7, 11) is 4.69. The summed E-state index contributed by atoms with van der Waals surface area (Å²) in [5.41, 5.74) is 0.194. The molecule has 2 rings (SSSR count). The van der Waals surface area contributed by atoms with Crippen LogP contribution in [0.5, 0.6) is 0 Å². The van der Waals surface area contributed by atoms with E-state index < -0.39 is 6.29 Å². The average molecular weight is 239 g/mol. The summed E-state index contributed by atoms with van der Waals surface area (Å²) in [6.07, 6.45) is 0.938. The first-order chi connectivity index (χ1) is 8.17. The van der Waals surface area contributed by atoms with Gasteiger partial charge in [-0.15, -0.1) is 5.10 Å². The molecule has 0 bridgehead atoms. The number of ether oxygens (including phenoxy) is 2. The van der Waals surface area contributed by atoms with E-state index in [4.69, 9.17) is 9.47 Å². The van der Waals surface area contributed by atoms with Crippen molar-refractivity contribution in [3.05, 3.63) is 16.6 Å². The number of hydrogen-bond donors (Lipinski definition) is 0. The normalized spacial score (nSPS) is 11.5. The number of rotatable bonds is 4. The second kappa shape index (κ2) is 4.60. The van der Waals surface area contributed by atoms with E-state index in [1.165, 1.54) is 29.8 Å². The number of hydrogen-bond acceptors (Lipinski definition) is 6. The van der Waals surface area contributed by atoms with Crippen molar-refractivity contribution in [3.8, 4) is 0 Å². The molecule has 0 unspecified atom stereocenters. The number of fused-ring (bicyclic) bond motifs is 1. The van der Waals surface area contributed by atoms with Crippen LogP contribution in [0.1, 0.15) is 0 Å². The molecule has 0 saturated carbocycles. The molecule has 0 spiro atoms. The van der Waals surface area contributed by atoms with E-state index in [0.717, 1.165) is 0 Å². The molecule has 0 aliphatic heterocycles. The minimum Gasteiger partial charge on any atom is -0.354 e. The largest absolute Gasteiger partial charge is 0.354 e. The Labute approximate surface area is 96.7 Å². The van der Waals surface area contributed by atoms with Crippen LogP contribution in [0.3, 0.4) is 0 Å². The topological polar surface area (TPSA) is 84.1 Å². The van der Waals surface area contributed by atoms with Gasteiger partial charge >= 0.3 is 0 Å². The Kier molecular flexibility index (Phi) is 3.16. The van der Waals surface area contributed by atoms with Crippen molar-refractivity contribution in [1.82, 2.24) is 24.8 Å². The lowest BCUT2D eigenvalue weighted by Crippen LogP contribution is -2.31. The van der Waals surface area contributed by atoms with Gasteiger partial charge in [-0.1, -0.05) is 5.21 Å². The third-order valence-corrected chi connectivity index (χ3v) is 2.47. The van der Waals surface area contributed by atoms with Gasteiger partial charge in [0, 0.05) is 21.3 Å². The molecular weight excluding hydrogens is 226 g/mol. The maximum atomic E-state index is 12.0. The molecule has 8 heteroatoms. The van der Waals surface area contributed by atoms with Crippen molar-refractivity contribution in [2.24, 2.45) is 7.05 Å². The predicted octanol–water partition coefficient (Wildman–Crippen LogP) is -0.856. The maximum absolute atomic E-state index is 12.0. The summed E-state index contributed by atoms with van der Waals surface area (Å²) >= 11 is 0. The zero-order valence-electron chi connectivity index (χ0n) is 9.82. The van der Waals surface area contributed by atoms with Crippen LogP contribution in [-0.4, -0.2) is 45.3 Å². The fourth-order valence-electron chi connectivity index (χ4n) is 1.48. The fourth-order valence-corrected chi connectivity index (χ4v) is 1.48. The summed E-state index contributed by atoms with van der Waals surface area (Å²) in [5.74, 6) is 0. The molecule has 2 heterocycles. The Balaban J connectivity index is 2.43. The van der Waals surface area contributed by atoms with Gasteiger partial charge in [-0.05, 0) is 0 Å². The van der Waals surface area contributed by atoms with E-state index in [2.05, 4.69) is 15.4 Å². The molecule has 0 aromatic carbocycles. The average Bonchev–Trinajstić information content (AvgIpc) is 2.71. The van der Waals surface area contributed by atoms with Gasteiger partial charge < -0.3 is 9.47 Å². The second-order valence-electron chi connectivity index (χ2n) is 3.48. The lowest BCUT2D eigenvalue weighted by molar-refractivity contribution is -0.113. The highest BCUT2D eigenvalue weighted by Crippen LogP contribution is 2.02. The van der Waals surface area contributed by atoms with Crippen LogP contribution in [0.15, 0.2) is 11.0 Å². The van der Waals surface area contributed by atoms with Crippen molar-refractivity contribution in [2.75, 3.05) is 14.2 Å². The van der Waals surface area contributed by atoms with Crippen LogP contribution >= 0.6 is 0 Å². The van der Waals surface area contributed by atoms with Crippen LogP contribution in [0.4, 0.5) is 0 Å². The molecule has 2 aromatic heterocycles. The summed E-state index contributed by atoms with van der Waals surface area (Å²) in [6, 6.07) is 0. The van der Waals surface area contributed by atoms with Crippen molar-refractivity contribution in [1.29, 1.82) is 0 Å². The third kappa shape index (κ3) is 2.04. The van der Waals surface area contributed by atoms with Gasteiger partial charge in [0.05, 0.1) is 12.7 Å². The monoisotopic (exact) mass is 239 g/mol. The SMILES string of the molecule is COC(Cn1nnc2c(cnn2C)c1=O)OC. The minimum atomic E-state index is -0.531. The van der Waals surface area contributed by atoms with E-state index in [9.17, 15) is 4.79 Å². The first-order valence-corrected chi connectivity index (χ1v) is 4.98. The van der Waals surface area contributed by atoms with E-state index in [0.29, 0.717) is 11.0 Å². The number of aryl methyl sites for hydroxylation is 1. The van der Waals surface area contributed by atoms with Crippen LogP contribution in [0.25, 0.3) is 11.0 Å². The quantitative estimate of drug-likeness (QED) is 0.646. The Bertz CT molecular complexity index is 572. The van der Waals surface area contributed by atoms with E-state index in [1.807, 2.05) is 0 Å². The molecule has 0 atom stereocenters. The molecule has 8 nitrogen and oxygen atoms in total. The first kappa shape index (κ1) is 11.7. The summed E-state index contributed by atoms with van der Waals surface area (Å²) in [5, 5.41) is 12.1. The van der Waals surface area contributed by atoms with Crippen molar-refractivity contribution >= 4 is 11.0 Å². The number of nitrogens with zero attached hydrogens (tertiary/aromatic N) is 5. The molecule has 0 aliphatic carbocycles. The molecule has 17 heavy (non-hydrogen) atoms. The minimum absolute atomic E-state index is 0.184. The Morgan fingerprint density at radius 2 is 2.12 bits per heavy atom. The van der Waals surface area contributed by atoms with Gasteiger partial charge in [0.1, 0.15) is 5.39 Å². The number of aromatic nitrogens is 5. The van der Waals surface area contributed by atoms with Gasteiger partial charge in [0.25, 0.3) is 5.56 Å². The summed E-state index contributed by atoms with van der Waals surface area (Å²) in [6.45, 7) is 0.184. The Morgan fingerprint density at radius 1 is 1.41 bits per heavy atom. The van der Waals surface area contributed by atoms with Crippen molar-refractivity contribution in [3.63, 3.8) is 0 Å². The molecule has 0 radical (unpaired) electrons. The van der Waals surface area contributed by atoms with E-state index >= 15 is 0 Å². The van der Waals surface area contributed by atoms with E-state index in [-0.39, 0.29) is 12.1 Å². The molecule has 0 aliphatic rings. The maximum Gasteiger partial charge on any atom is 0.281 e. The highest BCUT2D eigenvalue weighted by molar-refractivity contribution is 5.72. The Hall–Kier alpha value is -1.80. The van der Waals surface area contributed by atoms with Gasteiger partial charge in [0.15, 0.2) is 11.9 Å². The van der Waals surface area contributed by atoms with Crippen molar-refractivity contribution in [2.45, 2.75) is 12.8 Å². The molecule has 0 N–H and O–H groups in total. The van der Waals surface area contributed by atoms with E-state index in [1.54, 1.807) is 7.05 Å². The smallest absolute Gasteiger partial charge is 0.281 e. The standard InChI is InChI=1S/C9H13N5O3/c1-13-8-6(4-10-13)9(15)14(12-11-8)5-7(16-2)17-3/h4,7H,5H2,1-3H3. The fraction of sp³-hybridized carbons (Fsp3) is 0.556. The third-order valence-electron chi connectivity index (χ3n) is 2.47. The van der Waals surface area contributed by atoms with Crippen LogP contribution in [0.2, 0.25) is 0 Å².